The summed E-state index contributed by atoms with van der Waals surface area (Å²) in [5, 5.41) is 10.6. The molecule has 0 bridgehead atoms. The standard InChI is InChI=1S/C29H34FN3O6S2/c1-32-19-24(34)18-31-40(35,36)28-12-11-23(22-7-3-2-4-8-22)17-26(28)39-21-29(20-32)13-15-33(16-14-29)41(37,38)27-10-6-5-9-25(27)30/h2-12,17,24,31,34H,13-16,18-21H2,1H3. The van der Waals surface area contributed by atoms with Crippen LogP contribution in [0.5, 0.6) is 5.75 Å². The lowest BCUT2D eigenvalue weighted by molar-refractivity contribution is 0.0318. The number of piperidine rings is 1. The van der Waals surface area contributed by atoms with Crippen molar-refractivity contribution < 1.29 is 31.1 Å². The number of β-amino-alcohol motifs (C(OH)–C–C–N with tert-alkyl or cyclic N) is 1. The lowest BCUT2D eigenvalue weighted by atomic mass is 9.79. The fraction of sp³-hybridized carbons (Fsp3) is 0.379. The van der Waals surface area contributed by atoms with Crippen molar-refractivity contribution in [3.8, 4) is 16.9 Å². The van der Waals surface area contributed by atoms with E-state index < -0.39 is 37.4 Å². The van der Waals surface area contributed by atoms with Crippen LogP contribution in [0, 0.1) is 11.2 Å². The number of hydrogen-bond acceptors (Lipinski definition) is 7. The first-order valence-electron chi connectivity index (χ1n) is 13.4. The quantitative estimate of drug-likeness (QED) is 0.473. The number of benzene rings is 3. The third-order valence-corrected chi connectivity index (χ3v) is 11.1. The van der Waals surface area contributed by atoms with Crippen LogP contribution in [-0.2, 0) is 20.0 Å². The highest BCUT2D eigenvalue weighted by Gasteiger charge is 2.41. The summed E-state index contributed by atoms with van der Waals surface area (Å²) < 4.78 is 77.4. The van der Waals surface area contributed by atoms with Crippen LogP contribution in [0.1, 0.15) is 12.8 Å². The van der Waals surface area contributed by atoms with E-state index in [1.54, 1.807) is 12.1 Å². The van der Waals surface area contributed by atoms with Gasteiger partial charge >= 0.3 is 0 Å². The summed E-state index contributed by atoms with van der Waals surface area (Å²) in [6, 6.07) is 19.8. The molecule has 1 fully saturated rings. The summed E-state index contributed by atoms with van der Waals surface area (Å²) in [5.74, 6) is -0.617. The Bertz CT molecular complexity index is 1590. The minimum Gasteiger partial charge on any atom is -0.492 e. The Hall–Kier alpha value is -2.87. The molecule has 0 aromatic heterocycles. The number of hydrogen-bond donors (Lipinski definition) is 2. The van der Waals surface area contributed by atoms with Crippen LogP contribution in [0.25, 0.3) is 11.1 Å². The highest BCUT2D eigenvalue weighted by Crippen LogP contribution is 2.38. The van der Waals surface area contributed by atoms with Crippen LogP contribution in [0.3, 0.4) is 0 Å². The maximum absolute atomic E-state index is 14.4. The fourth-order valence-electron chi connectivity index (χ4n) is 5.57. The van der Waals surface area contributed by atoms with E-state index in [4.69, 9.17) is 4.74 Å². The van der Waals surface area contributed by atoms with Gasteiger partial charge in [0.25, 0.3) is 0 Å². The highest BCUT2D eigenvalue weighted by atomic mass is 32.2. The second kappa shape index (κ2) is 11.8. The Labute approximate surface area is 240 Å². The maximum atomic E-state index is 14.4. The minimum absolute atomic E-state index is 0.0342. The lowest BCUT2D eigenvalue weighted by Crippen LogP contribution is -2.51. The van der Waals surface area contributed by atoms with Gasteiger partial charge in [-0.15, -0.1) is 0 Å². The summed E-state index contributed by atoms with van der Waals surface area (Å²) >= 11 is 0. The number of halogens is 1. The van der Waals surface area contributed by atoms with Gasteiger partial charge in [0.1, 0.15) is 21.4 Å². The second-order valence-electron chi connectivity index (χ2n) is 10.9. The largest absolute Gasteiger partial charge is 0.492 e. The zero-order chi connectivity index (χ0) is 29.3. The Balaban J connectivity index is 1.46. The predicted octanol–water partition coefficient (Wildman–Crippen LogP) is 2.93. The molecule has 0 saturated carbocycles. The van der Waals surface area contributed by atoms with Crippen LogP contribution in [0.2, 0.25) is 0 Å². The zero-order valence-electron chi connectivity index (χ0n) is 22.7. The van der Waals surface area contributed by atoms with E-state index in [0.717, 1.165) is 17.2 Å². The van der Waals surface area contributed by atoms with Crippen molar-refractivity contribution in [3.63, 3.8) is 0 Å². The molecule has 2 aliphatic heterocycles. The molecular weight excluding hydrogens is 569 g/mol. The van der Waals surface area contributed by atoms with Gasteiger partial charge in [-0.3, -0.25) is 0 Å². The molecule has 1 atom stereocenters. The van der Waals surface area contributed by atoms with Crippen molar-refractivity contribution in [1.82, 2.24) is 13.9 Å². The third-order valence-electron chi connectivity index (χ3n) is 7.75. The fourth-order valence-corrected chi connectivity index (χ4v) is 8.27. The average Bonchev–Trinajstić information content (AvgIpc) is 2.95. The summed E-state index contributed by atoms with van der Waals surface area (Å²) in [4.78, 5) is 1.52. The first-order valence-corrected chi connectivity index (χ1v) is 16.3. The molecule has 3 aromatic carbocycles. The Morgan fingerprint density at radius 3 is 2.39 bits per heavy atom. The van der Waals surface area contributed by atoms with Crippen molar-refractivity contribution >= 4 is 20.0 Å². The van der Waals surface area contributed by atoms with Crippen molar-refractivity contribution in [3.05, 3.63) is 78.6 Å². The number of sulfonamides is 2. The number of nitrogens with zero attached hydrogens (tertiary/aromatic N) is 2. The third kappa shape index (κ3) is 6.47. The molecule has 9 nitrogen and oxygen atoms in total. The SMILES string of the molecule is CN1CC(O)CNS(=O)(=O)c2ccc(-c3ccccc3)cc2OCC2(CCN(S(=O)(=O)c3ccccc3F)CC2)C1. The second-order valence-corrected chi connectivity index (χ2v) is 14.5. The maximum Gasteiger partial charge on any atom is 0.245 e. The lowest BCUT2D eigenvalue weighted by Gasteiger charge is -2.43. The van der Waals surface area contributed by atoms with Gasteiger partial charge in [0.2, 0.25) is 20.0 Å². The van der Waals surface area contributed by atoms with Gasteiger partial charge in [-0.2, -0.15) is 4.31 Å². The highest BCUT2D eigenvalue weighted by molar-refractivity contribution is 7.89. The number of likely N-dealkylation sites (N-methyl/N-ethyl adjacent to an activating group) is 1. The first kappa shape index (κ1) is 29.6. The van der Waals surface area contributed by atoms with Crippen molar-refractivity contribution in [2.45, 2.75) is 28.7 Å². The van der Waals surface area contributed by atoms with E-state index in [2.05, 4.69) is 4.72 Å². The molecule has 1 unspecified atom stereocenters. The van der Waals surface area contributed by atoms with Gasteiger partial charge in [-0.05, 0) is 55.3 Å². The summed E-state index contributed by atoms with van der Waals surface area (Å²) in [7, 11) is -6.21. The molecule has 12 heteroatoms. The normalized spacial score (nSPS) is 22.2. The molecule has 0 amide bonds. The molecule has 5 rings (SSSR count). The summed E-state index contributed by atoms with van der Waals surface area (Å²) in [5.41, 5.74) is 1.13. The van der Waals surface area contributed by atoms with E-state index in [0.29, 0.717) is 19.4 Å². The molecular formula is C29H34FN3O6S2. The van der Waals surface area contributed by atoms with Gasteiger partial charge in [0.05, 0.1) is 12.7 Å². The van der Waals surface area contributed by atoms with Crippen LogP contribution >= 0.6 is 0 Å². The molecule has 41 heavy (non-hydrogen) atoms. The van der Waals surface area contributed by atoms with Crippen LogP contribution in [0.4, 0.5) is 4.39 Å². The monoisotopic (exact) mass is 603 g/mol. The Kier molecular flexibility index (Phi) is 8.51. The number of fused-ring (bicyclic) bond motifs is 1. The van der Waals surface area contributed by atoms with Crippen LogP contribution in [-0.4, -0.2) is 83.6 Å². The minimum atomic E-state index is -4.03. The van der Waals surface area contributed by atoms with Gasteiger partial charge in [0, 0.05) is 38.1 Å². The van der Waals surface area contributed by atoms with Gasteiger partial charge in [0.15, 0.2) is 0 Å². The number of rotatable bonds is 3. The van der Waals surface area contributed by atoms with E-state index in [9.17, 15) is 26.3 Å². The van der Waals surface area contributed by atoms with E-state index in [1.807, 2.05) is 42.3 Å². The first-order chi connectivity index (χ1) is 19.5. The summed E-state index contributed by atoms with van der Waals surface area (Å²) in [6.45, 7) is 0.940. The molecule has 1 saturated heterocycles. The smallest absolute Gasteiger partial charge is 0.245 e. The van der Waals surface area contributed by atoms with Crippen LogP contribution in [0.15, 0.2) is 82.6 Å². The van der Waals surface area contributed by atoms with Gasteiger partial charge in [-0.1, -0.05) is 48.5 Å². The summed E-state index contributed by atoms with van der Waals surface area (Å²) in [6.07, 6.45) is -0.152. The molecule has 3 aromatic rings. The average molecular weight is 604 g/mol. The molecule has 2 aliphatic rings. The molecule has 2 heterocycles. The van der Waals surface area contributed by atoms with Gasteiger partial charge < -0.3 is 14.7 Å². The van der Waals surface area contributed by atoms with Crippen molar-refractivity contribution in [1.29, 1.82) is 0 Å². The Morgan fingerprint density at radius 2 is 1.68 bits per heavy atom. The van der Waals surface area contributed by atoms with Gasteiger partial charge in [-0.25, -0.2) is 25.9 Å². The predicted molar refractivity (Wildman–Crippen MR) is 153 cm³/mol. The molecule has 0 aliphatic carbocycles. The van der Waals surface area contributed by atoms with E-state index in [-0.39, 0.29) is 48.3 Å². The van der Waals surface area contributed by atoms with Crippen molar-refractivity contribution in [2.24, 2.45) is 5.41 Å². The van der Waals surface area contributed by atoms with Crippen molar-refractivity contribution in [2.75, 3.05) is 46.4 Å². The topological polar surface area (TPSA) is 116 Å². The van der Waals surface area contributed by atoms with E-state index in [1.165, 1.54) is 28.6 Å². The zero-order valence-corrected chi connectivity index (χ0v) is 24.4. The molecule has 2 N–H and O–H groups in total. The Morgan fingerprint density at radius 1 is 1.00 bits per heavy atom. The molecule has 0 radical (unpaired) electrons. The number of ether oxygens (including phenoxy) is 1. The number of nitrogens with one attached hydrogen (secondary N) is 1. The van der Waals surface area contributed by atoms with E-state index >= 15 is 0 Å². The molecule has 220 valence electrons. The number of aliphatic hydroxyl groups is 1. The number of aliphatic hydroxyl groups excluding tert-OH is 1. The molecule has 1 spiro atoms. The van der Waals surface area contributed by atoms with Crippen LogP contribution < -0.4 is 9.46 Å².